The zero-order chi connectivity index (χ0) is 24.6. The van der Waals surface area contributed by atoms with Crippen molar-refractivity contribution in [3.05, 3.63) is 93.3 Å². The molecule has 0 aliphatic carbocycles. The molecule has 0 bridgehead atoms. The SMILES string of the molecule is CCCCCCOc1c(Cl)cc(/C=C2/SC(=Nc3ccccc3)N(c3ccccc3)C2=O)cc1Cl. The molecule has 1 fully saturated rings. The lowest BCUT2D eigenvalue weighted by atomic mass is 10.2. The highest BCUT2D eigenvalue weighted by Gasteiger charge is 2.34. The number of para-hydroxylation sites is 2. The van der Waals surface area contributed by atoms with Crippen molar-refractivity contribution in [2.75, 3.05) is 11.5 Å². The van der Waals surface area contributed by atoms with Gasteiger partial charge in [0.1, 0.15) is 0 Å². The van der Waals surface area contributed by atoms with E-state index in [9.17, 15) is 4.79 Å². The molecule has 0 spiro atoms. The summed E-state index contributed by atoms with van der Waals surface area (Å²) in [6, 6.07) is 22.6. The zero-order valence-electron chi connectivity index (χ0n) is 19.4. The number of amidine groups is 1. The van der Waals surface area contributed by atoms with Gasteiger partial charge in [0, 0.05) is 0 Å². The van der Waals surface area contributed by atoms with Crippen LogP contribution in [0, 0.1) is 0 Å². The first-order chi connectivity index (χ1) is 17.1. The van der Waals surface area contributed by atoms with Gasteiger partial charge in [-0.2, -0.15) is 0 Å². The van der Waals surface area contributed by atoms with Crippen LogP contribution in [0.5, 0.6) is 5.75 Å². The molecular formula is C28H26Cl2N2O2S. The number of hydrogen-bond donors (Lipinski definition) is 0. The quantitative estimate of drug-likeness (QED) is 0.207. The van der Waals surface area contributed by atoms with Crippen LogP contribution in [0.15, 0.2) is 82.7 Å². The minimum atomic E-state index is -0.153. The Morgan fingerprint density at radius 2 is 1.60 bits per heavy atom. The molecule has 3 aromatic carbocycles. The van der Waals surface area contributed by atoms with E-state index < -0.39 is 0 Å². The van der Waals surface area contributed by atoms with E-state index in [-0.39, 0.29) is 5.91 Å². The second kappa shape index (κ2) is 12.3. The number of unbranched alkanes of at least 4 members (excludes halogenated alkanes) is 3. The minimum absolute atomic E-state index is 0.153. The molecule has 3 aromatic rings. The molecular weight excluding hydrogens is 499 g/mol. The van der Waals surface area contributed by atoms with Gasteiger partial charge in [0.2, 0.25) is 0 Å². The van der Waals surface area contributed by atoms with Crippen molar-refractivity contribution in [2.24, 2.45) is 4.99 Å². The summed E-state index contributed by atoms with van der Waals surface area (Å²) in [6.07, 6.45) is 6.20. The van der Waals surface area contributed by atoms with E-state index in [0.29, 0.717) is 32.5 Å². The number of rotatable bonds is 9. The minimum Gasteiger partial charge on any atom is -0.490 e. The van der Waals surface area contributed by atoms with Gasteiger partial charge in [-0.05, 0) is 66.2 Å². The van der Waals surface area contributed by atoms with Gasteiger partial charge < -0.3 is 4.74 Å². The Morgan fingerprint density at radius 3 is 2.26 bits per heavy atom. The largest absolute Gasteiger partial charge is 0.490 e. The lowest BCUT2D eigenvalue weighted by molar-refractivity contribution is -0.113. The van der Waals surface area contributed by atoms with Crippen LogP contribution in [-0.2, 0) is 4.79 Å². The molecule has 1 aliphatic heterocycles. The molecule has 4 rings (SSSR count). The van der Waals surface area contributed by atoms with Crippen LogP contribution >= 0.6 is 35.0 Å². The number of aliphatic imine (C=N–C) groups is 1. The molecule has 0 aromatic heterocycles. The highest BCUT2D eigenvalue weighted by atomic mass is 35.5. The fraction of sp³-hybridized carbons (Fsp3) is 0.214. The van der Waals surface area contributed by atoms with Gasteiger partial charge in [-0.15, -0.1) is 0 Å². The average Bonchev–Trinajstić information content (AvgIpc) is 3.15. The molecule has 7 heteroatoms. The van der Waals surface area contributed by atoms with E-state index in [1.807, 2.05) is 60.7 Å². The number of thioether (sulfide) groups is 1. The zero-order valence-corrected chi connectivity index (χ0v) is 21.7. The summed E-state index contributed by atoms with van der Waals surface area (Å²) in [4.78, 5) is 20.3. The number of benzene rings is 3. The summed E-state index contributed by atoms with van der Waals surface area (Å²) >= 11 is 14.3. The van der Waals surface area contributed by atoms with E-state index >= 15 is 0 Å². The Hall–Kier alpha value is -2.73. The summed E-state index contributed by atoms with van der Waals surface area (Å²) in [5, 5.41) is 1.43. The first-order valence-electron chi connectivity index (χ1n) is 11.6. The molecule has 0 saturated carbocycles. The van der Waals surface area contributed by atoms with Gasteiger partial charge in [-0.1, -0.05) is 85.8 Å². The lowest BCUT2D eigenvalue weighted by Crippen LogP contribution is -2.28. The maximum atomic E-state index is 13.4. The van der Waals surface area contributed by atoms with Crippen LogP contribution in [0.3, 0.4) is 0 Å². The maximum Gasteiger partial charge on any atom is 0.271 e. The van der Waals surface area contributed by atoms with Crippen LogP contribution < -0.4 is 9.64 Å². The molecule has 1 amide bonds. The Bertz CT molecular complexity index is 1210. The Kier molecular flexibility index (Phi) is 8.91. The summed E-state index contributed by atoms with van der Waals surface area (Å²) in [5.74, 6) is 0.328. The molecule has 0 radical (unpaired) electrons. The number of nitrogens with zero attached hydrogens (tertiary/aromatic N) is 2. The molecule has 1 aliphatic rings. The Morgan fingerprint density at radius 1 is 0.943 bits per heavy atom. The number of hydrogen-bond acceptors (Lipinski definition) is 4. The number of ether oxygens (including phenoxy) is 1. The first kappa shape index (κ1) is 25.4. The van der Waals surface area contributed by atoms with Crippen molar-refractivity contribution < 1.29 is 9.53 Å². The molecule has 1 saturated heterocycles. The van der Waals surface area contributed by atoms with E-state index in [0.717, 1.165) is 29.8 Å². The van der Waals surface area contributed by atoms with Crippen LogP contribution in [0.4, 0.5) is 11.4 Å². The molecule has 0 N–H and O–H groups in total. The van der Waals surface area contributed by atoms with E-state index in [1.165, 1.54) is 24.6 Å². The van der Waals surface area contributed by atoms with Crippen molar-refractivity contribution in [2.45, 2.75) is 32.6 Å². The van der Waals surface area contributed by atoms with Crippen LogP contribution in [0.1, 0.15) is 38.2 Å². The standard InChI is InChI=1S/C28H26Cl2N2O2S/c1-2-3-4-11-16-34-26-23(29)17-20(18-24(26)30)19-25-27(33)32(22-14-9-6-10-15-22)28(35-25)31-21-12-7-5-8-13-21/h5-10,12-15,17-19H,2-4,11,16H2,1H3/b25-19+,31-28?. The Labute approximate surface area is 220 Å². The average molecular weight is 526 g/mol. The monoisotopic (exact) mass is 524 g/mol. The van der Waals surface area contributed by atoms with E-state index in [1.54, 1.807) is 23.1 Å². The summed E-state index contributed by atoms with van der Waals surface area (Å²) < 4.78 is 5.83. The third-order valence-electron chi connectivity index (χ3n) is 5.36. The van der Waals surface area contributed by atoms with E-state index in [4.69, 9.17) is 32.9 Å². The maximum absolute atomic E-state index is 13.4. The topological polar surface area (TPSA) is 41.9 Å². The van der Waals surface area contributed by atoms with Crippen LogP contribution in [0.2, 0.25) is 10.0 Å². The van der Waals surface area contributed by atoms with Crippen LogP contribution in [0.25, 0.3) is 6.08 Å². The highest BCUT2D eigenvalue weighted by molar-refractivity contribution is 8.19. The van der Waals surface area contributed by atoms with Gasteiger partial charge in [0.15, 0.2) is 10.9 Å². The smallest absolute Gasteiger partial charge is 0.271 e. The van der Waals surface area contributed by atoms with Crippen molar-refractivity contribution >= 4 is 63.5 Å². The number of halogens is 2. The predicted octanol–water partition coefficient (Wildman–Crippen LogP) is 8.76. The van der Waals surface area contributed by atoms with Gasteiger partial charge in [0.05, 0.1) is 32.9 Å². The fourth-order valence-electron chi connectivity index (χ4n) is 3.62. The Balaban J connectivity index is 1.60. The first-order valence-corrected chi connectivity index (χ1v) is 13.2. The lowest BCUT2D eigenvalue weighted by Gasteiger charge is -2.15. The number of carbonyl (C=O) groups excluding carboxylic acids is 1. The molecule has 4 nitrogen and oxygen atoms in total. The third-order valence-corrected chi connectivity index (χ3v) is 6.89. The summed E-state index contributed by atoms with van der Waals surface area (Å²) in [5.41, 5.74) is 2.26. The predicted molar refractivity (Wildman–Crippen MR) is 149 cm³/mol. The van der Waals surface area contributed by atoms with Gasteiger partial charge in [0.25, 0.3) is 5.91 Å². The van der Waals surface area contributed by atoms with Gasteiger partial charge in [-0.25, -0.2) is 4.99 Å². The second-order valence-corrected chi connectivity index (χ2v) is 9.86. The van der Waals surface area contributed by atoms with Gasteiger partial charge >= 0.3 is 0 Å². The van der Waals surface area contributed by atoms with Gasteiger partial charge in [-0.3, -0.25) is 9.69 Å². The van der Waals surface area contributed by atoms with Crippen LogP contribution in [-0.4, -0.2) is 17.7 Å². The molecule has 0 unspecified atom stereocenters. The highest BCUT2D eigenvalue weighted by Crippen LogP contribution is 2.39. The molecule has 0 atom stereocenters. The van der Waals surface area contributed by atoms with Crippen molar-refractivity contribution in [1.82, 2.24) is 0 Å². The fourth-order valence-corrected chi connectivity index (χ4v) is 5.24. The summed E-state index contributed by atoms with van der Waals surface area (Å²) in [6.45, 7) is 2.74. The van der Waals surface area contributed by atoms with E-state index in [2.05, 4.69) is 6.92 Å². The number of amides is 1. The normalized spacial score (nSPS) is 15.9. The van der Waals surface area contributed by atoms with Crippen molar-refractivity contribution in [3.63, 3.8) is 0 Å². The molecule has 1 heterocycles. The number of carbonyl (C=O) groups is 1. The summed E-state index contributed by atoms with van der Waals surface area (Å²) in [7, 11) is 0. The second-order valence-electron chi connectivity index (χ2n) is 8.04. The van der Waals surface area contributed by atoms with Crippen molar-refractivity contribution in [3.8, 4) is 5.75 Å². The molecule has 180 valence electrons. The third kappa shape index (κ3) is 6.49. The number of anilines is 1. The molecule has 35 heavy (non-hydrogen) atoms. The van der Waals surface area contributed by atoms with Crippen molar-refractivity contribution in [1.29, 1.82) is 0 Å².